The summed E-state index contributed by atoms with van der Waals surface area (Å²) in [6.45, 7) is 1.72. The maximum atomic E-state index is 13.9. The average Bonchev–Trinajstić information content (AvgIpc) is 3.30. The van der Waals surface area contributed by atoms with Gasteiger partial charge in [0.2, 0.25) is 17.7 Å². The summed E-state index contributed by atoms with van der Waals surface area (Å²) in [6, 6.07) is 5.21. The Balaban J connectivity index is 1.59. The smallest absolute Gasteiger partial charge is 0.341 e. The number of hydrogen-bond acceptors (Lipinski definition) is 3. The van der Waals surface area contributed by atoms with Gasteiger partial charge in [-0.3, -0.25) is 14.4 Å². The highest BCUT2D eigenvalue weighted by Crippen LogP contribution is 2.38. The lowest BCUT2D eigenvalue weighted by atomic mass is 9.78. The van der Waals surface area contributed by atoms with Crippen LogP contribution in [-0.4, -0.2) is 65.6 Å². The summed E-state index contributed by atoms with van der Waals surface area (Å²) in [5.41, 5.74) is -2.17. The summed E-state index contributed by atoms with van der Waals surface area (Å²) in [6.07, 6.45) is -8.88. The zero-order valence-corrected chi connectivity index (χ0v) is 23.0. The zero-order valence-electron chi connectivity index (χ0n) is 23.0. The molecule has 0 aliphatic carbocycles. The third-order valence-corrected chi connectivity index (χ3v) is 7.85. The summed E-state index contributed by atoms with van der Waals surface area (Å²) < 4.78 is 94.0. The van der Waals surface area contributed by atoms with Gasteiger partial charge < -0.3 is 14.7 Å². The van der Waals surface area contributed by atoms with Gasteiger partial charge in [-0.1, -0.05) is 6.07 Å². The van der Waals surface area contributed by atoms with Gasteiger partial charge in [0.15, 0.2) is 0 Å². The molecule has 3 amide bonds. The first kappa shape index (κ1) is 31.3. The molecule has 2 aliphatic heterocycles. The number of carbonyl (C=O) groups is 3. The second-order valence-corrected chi connectivity index (χ2v) is 10.9. The van der Waals surface area contributed by atoms with Crippen molar-refractivity contribution in [3.05, 3.63) is 70.0 Å². The molecule has 0 radical (unpaired) electrons. The Morgan fingerprint density at radius 2 is 1.62 bits per heavy atom. The van der Waals surface area contributed by atoms with E-state index in [9.17, 15) is 45.1 Å². The van der Waals surface area contributed by atoms with Crippen molar-refractivity contribution in [2.24, 2.45) is 5.92 Å². The Morgan fingerprint density at radius 1 is 0.976 bits per heavy atom. The normalized spacial score (nSPS) is 19.8. The minimum Gasteiger partial charge on any atom is -0.341 e. The molecule has 2 aromatic rings. The highest BCUT2D eigenvalue weighted by atomic mass is 19.4. The minimum absolute atomic E-state index is 0.0289. The van der Waals surface area contributed by atoms with Gasteiger partial charge in [0.25, 0.3) is 0 Å². The predicted octanol–water partition coefficient (Wildman–Crippen LogP) is 5.38. The molecule has 4 rings (SSSR count). The summed E-state index contributed by atoms with van der Waals surface area (Å²) in [7, 11) is 1.29. The van der Waals surface area contributed by atoms with E-state index in [2.05, 4.69) is 0 Å². The number of likely N-dealkylation sites (tertiary alicyclic amines) is 2. The number of piperidine rings is 1. The van der Waals surface area contributed by atoms with Crippen molar-refractivity contribution in [2.45, 2.75) is 51.0 Å². The highest BCUT2D eigenvalue weighted by molar-refractivity contribution is 5.86. The average molecular weight is 602 g/mol. The molecule has 13 heteroatoms. The van der Waals surface area contributed by atoms with Crippen molar-refractivity contribution < 1.29 is 45.1 Å². The molecule has 2 heterocycles. The number of benzene rings is 2. The summed E-state index contributed by atoms with van der Waals surface area (Å²) in [5.74, 6) is -2.87. The molecule has 228 valence electrons. The molecule has 0 N–H and O–H groups in total. The zero-order chi connectivity index (χ0) is 31.0. The number of carbonyl (C=O) groups excluding carboxylic acids is 3. The summed E-state index contributed by atoms with van der Waals surface area (Å²) in [4.78, 5) is 42.9. The van der Waals surface area contributed by atoms with Crippen LogP contribution in [0.15, 0.2) is 36.4 Å². The lowest BCUT2D eigenvalue weighted by Gasteiger charge is -2.40. The summed E-state index contributed by atoms with van der Waals surface area (Å²) >= 11 is 0. The van der Waals surface area contributed by atoms with E-state index in [-0.39, 0.29) is 49.5 Å². The molecule has 2 saturated heterocycles. The first-order chi connectivity index (χ1) is 19.5. The van der Waals surface area contributed by atoms with Crippen molar-refractivity contribution >= 4 is 17.7 Å². The van der Waals surface area contributed by atoms with E-state index in [1.165, 1.54) is 35.0 Å². The fourth-order valence-electron chi connectivity index (χ4n) is 5.72. The van der Waals surface area contributed by atoms with Gasteiger partial charge in [0.1, 0.15) is 5.82 Å². The lowest BCUT2D eigenvalue weighted by Crippen LogP contribution is -2.50. The van der Waals surface area contributed by atoms with E-state index in [0.717, 1.165) is 4.90 Å². The molecule has 2 fully saturated rings. The van der Waals surface area contributed by atoms with Crippen LogP contribution >= 0.6 is 0 Å². The van der Waals surface area contributed by atoms with Crippen molar-refractivity contribution in [2.75, 3.05) is 33.2 Å². The highest BCUT2D eigenvalue weighted by Gasteiger charge is 2.40. The molecular formula is C29H30F7N3O3. The van der Waals surface area contributed by atoms with Crippen LogP contribution in [-0.2, 0) is 33.3 Å². The SMILES string of the molecule is Cc1cc(F)ccc1C1CN(C(=O)CN2CCCC2=O)CCC1C(=O)N(C)Cc1cc(C(F)(F)F)cc(C(F)(F)F)c1. The van der Waals surface area contributed by atoms with Gasteiger partial charge in [-0.25, -0.2) is 4.39 Å². The van der Waals surface area contributed by atoms with Crippen LogP contribution in [0.3, 0.4) is 0 Å². The molecular weight excluding hydrogens is 571 g/mol. The van der Waals surface area contributed by atoms with Crippen LogP contribution in [0.1, 0.15) is 53.0 Å². The number of aryl methyl sites for hydroxylation is 1. The van der Waals surface area contributed by atoms with Crippen LogP contribution in [0.2, 0.25) is 0 Å². The van der Waals surface area contributed by atoms with Crippen molar-refractivity contribution in [1.29, 1.82) is 0 Å². The lowest BCUT2D eigenvalue weighted by molar-refractivity contribution is -0.143. The third kappa shape index (κ3) is 7.04. The number of alkyl halides is 6. The van der Waals surface area contributed by atoms with Crippen molar-refractivity contribution in [3.8, 4) is 0 Å². The van der Waals surface area contributed by atoms with Crippen LogP contribution in [0.4, 0.5) is 30.7 Å². The quantitative estimate of drug-likeness (QED) is 0.418. The number of rotatable bonds is 6. The Hall–Kier alpha value is -3.64. The Morgan fingerprint density at radius 3 is 2.17 bits per heavy atom. The maximum Gasteiger partial charge on any atom is 0.416 e. The molecule has 0 spiro atoms. The fraction of sp³-hybridized carbons (Fsp3) is 0.483. The van der Waals surface area contributed by atoms with E-state index in [4.69, 9.17) is 0 Å². The number of nitrogens with zero attached hydrogens (tertiary/aromatic N) is 3. The van der Waals surface area contributed by atoms with Crippen LogP contribution in [0, 0.1) is 18.7 Å². The Labute approximate surface area is 238 Å². The monoisotopic (exact) mass is 601 g/mol. The van der Waals surface area contributed by atoms with Gasteiger partial charge in [0, 0.05) is 51.5 Å². The van der Waals surface area contributed by atoms with E-state index in [1.807, 2.05) is 0 Å². The minimum atomic E-state index is -5.02. The largest absolute Gasteiger partial charge is 0.416 e. The molecule has 6 nitrogen and oxygen atoms in total. The number of halogens is 7. The van der Waals surface area contributed by atoms with Crippen LogP contribution < -0.4 is 0 Å². The van der Waals surface area contributed by atoms with Crippen molar-refractivity contribution in [1.82, 2.24) is 14.7 Å². The first-order valence-corrected chi connectivity index (χ1v) is 13.4. The molecule has 0 bridgehead atoms. The second kappa shape index (κ2) is 11.9. The number of hydrogen-bond donors (Lipinski definition) is 0. The Kier molecular flexibility index (Phi) is 8.89. The molecule has 42 heavy (non-hydrogen) atoms. The van der Waals surface area contributed by atoms with Crippen molar-refractivity contribution in [3.63, 3.8) is 0 Å². The predicted molar refractivity (Wildman–Crippen MR) is 137 cm³/mol. The van der Waals surface area contributed by atoms with E-state index in [1.54, 1.807) is 6.92 Å². The fourth-order valence-corrected chi connectivity index (χ4v) is 5.72. The van der Waals surface area contributed by atoms with E-state index >= 15 is 0 Å². The molecule has 0 aromatic heterocycles. The second-order valence-electron chi connectivity index (χ2n) is 10.9. The molecule has 2 unspecified atom stereocenters. The maximum absolute atomic E-state index is 13.9. The summed E-state index contributed by atoms with van der Waals surface area (Å²) in [5, 5.41) is 0. The van der Waals surface area contributed by atoms with Gasteiger partial charge in [-0.2, -0.15) is 26.3 Å². The topological polar surface area (TPSA) is 60.9 Å². The number of amides is 3. The van der Waals surface area contributed by atoms with Gasteiger partial charge >= 0.3 is 12.4 Å². The van der Waals surface area contributed by atoms with E-state index in [0.29, 0.717) is 42.6 Å². The molecule has 0 saturated carbocycles. The molecule has 2 atom stereocenters. The third-order valence-electron chi connectivity index (χ3n) is 7.85. The first-order valence-electron chi connectivity index (χ1n) is 13.4. The van der Waals surface area contributed by atoms with Gasteiger partial charge in [-0.05, 0) is 66.8 Å². The van der Waals surface area contributed by atoms with Gasteiger partial charge in [0.05, 0.1) is 17.7 Å². The van der Waals surface area contributed by atoms with Crippen LogP contribution in [0.25, 0.3) is 0 Å². The standard InChI is InChI=1S/C29H30F7N3O3/c1-17-10-21(30)5-6-22(17)24-15-39(26(41)16-38-8-3-4-25(38)40)9-7-23(24)27(42)37(2)14-18-11-19(28(31,32)33)13-20(12-18)29(34,35)36/h5-6,10-13,23-24H,3-4,7-9,14-16H2,1-2H3. The van der Waals surface area contributed by atoms with Gasteiger partial charge in [-0.15, -0.1) is 0 Å². The molecule has 2 aliphatic rings. The molecule has 2 aromatic carbocycles. The Bertz CT molecular complexity index is 1330. The van der Waals surface area contributed by atoms with Crippen LogP contribution in [0.5, 0.6) is 0 Å². The van der Waals surface area contributed by atoms with E-state index < -0.39 is 53.6 Å².